The Bertz CT molecular complexity index is 747. The number of aliphatic hydroxyl groups excluding tert-OH is 1. The van der Waals surface area contributed by atoms with Crippen molar-refractivity contribution in [1.82, 2.24) is 4.72 Å². The zero-order chi connectivity index (χ0) is 15.6. The van der Waals surface area contributed by atoms with Gasteiger partial charge in [-0.05, 0) is 26.3 Å². The van der Waals surface area contributed by atoms with Crippen LogP contribution in [-0.4, -0.2) is 13.5 Å². The Kier molecular flexibility index (Phi) is 4.51. The Morgan fingerprint density at radius 1 is 1.19 bits per heavy atom. The molecule has 0 radical (unpaired) electrons. The van der Waals surface area contributed by atoms with Gasteiger partial charge in [-0.25, -0.2) is 13.1 Å². The van der Waals surface area contributed by atoms with Gasteiger partial charge in [0.2, 0.25) is 10.0 Å². The minimum atomic E-state index is -3.73. The first kappa shape index (κ1) is 15.8. The summed E-state index contributed by atoms with van der Waals surface area (Å²) < 4.78 is 32.7. The molecule has 0 aliphatic heterocycles. The number of hydrogen-bond donors (Lipinski definition) is 2. The lowest BCUT2D eigenvalue weighted by Gasteiger charge is -2.08. The zero-order valence-electron chi connectivity index (χ0n) is 12.3. The Morgan fingerprint density at radius 3 is 2.52 bits per heavy atom. The molecule has 2 N–H and O–H groups in total. The smallest absolute Gasteiger partial charge is 0.244 e. The van der Waals surface area contributed by atoms with E-state index in [0.29, 0.717) is 11.3 Å². The number of aliphatic hydroxyl groups is 1. The molecule has 21 heavy (non-hydrogen) atoms. The van der Waals surface area contributed by atoms with Crippen LogP contribution in [0.1, 0.15) is 28.2 Å². The molecule has 5 nitrogen and oxygen atoms in total. The summed E-state index contributed by atoms with van der Waals surface area (Å²) in [4.78, 5) is 0.0372. The van der Waals surface area contributed by atoms with E-state index in [0.717, 1.165) is 11.1 Å². The molecule has 0 amide bonds. The van der Waals surface area contributed by atoms with Crippen molar-refractivity contribution in [1.29, 1.82) is 0 Å². The third-order valence-electron chi connectivity index (χ3n) is 3.30. The van der Waals surface area contributed by atoms with Crippen molar-refractivity contribution in [3.05, 3.63) is 52.5 Å². The van der Waals surface area contributed by atoms with E-state index in [2.05, 4.69) is 4.72 Å². The highest BCUT2D eigenvalue weighted by Crippen LogP contribution is 2.26. The summed E-state index contributed by atoms with van der Waals surface area (Å²) in [7, 11) is -3.73. The maximum atomic E-state index is 12.4. The van der Waals surface area contributed by atoms with Gasteiger partial charge in [0, 0.05) is 12.1 Å². The number of sulfonamides is 1. The third kappa shape index (κ3) is 3.34. The minimum absolute atomic E-state index is 0.0372. The minimum Gasteiger partial charge on any atom is -0.465 e. The maximum absolute atomic E-state index is 12.4. The summed E-state index contributed by atoms with van der Waals surface area (Å²) in [6, 6.07) is 7.61. The van der Waals surface area contributed by atoms with Crippen LogP contribution in [0.4, 0.5) is 0 Å². The maximum Gasteiger partial charge on any atom is 0.244 e. The molecule has 2 aromatic rings. The summed E-state index contributed by atoms with van der Waals surface area (Å²) in [6.45, 7) is 4.99. The number of hydrogen-bond acceptors (Lipinski definition) is 4. The van der Waals surface area contributed by atoms with Crippen molar-refractivity contribution in [3.8, 4) is 0 Å². The lowest BCUT2D eigenvalue weighted by atomic mass is 10.1. The monoisotopic (exact) mass is 309 g/mol. The highest BCUT2D eigenvalue weighted by atomic mass is 32.2. The normalized spacial score (nSPS) is 11.8. The summed E-state index contributed by atoms with van der Waals surface area (Å²) in [5.41, 5.74) is 2.25. The average Bonchev–Trinajstić information content (AvgIpc) is 2.71. The van der Waals surface area contributed by atoms with Crippen LogP contribution >= 0.6 is 0 Å². The van der Waals surface area contributed by atoms with Crippen LogP contribution in [0.2, 0.25) is 0 Å². The molecule has 0 spiro atoms. The number of aryl methyl sites for hydroxylation is 3. The number of nitrogens with one attached hydrogen (secondary N) is 1. The fourth-order valence-corrected chi connectivity index (χ4v) is 3.77. The van der Waals surface area contributed by atoms with Crippen LogP contribution in [0, 0.1) is 20.8 Å². The Hall–Kier alpha value is -1.63. The standard InChI is InChI=1S/C15H19NO4S/c1-10-5-4-6-13(7-10)8-16-21(18,19)15-12(3)20-11(2)14(15)9-17/h4-7,16-17H,8-9H2,1-3H3. The SMILES string of the molecule is Cc1cccc(CNS(=O)(=O)c2c(C)oc(C)c2CO)c1. The van der Waals surface area contributed by atoms with Crippen molar-refractivity contribution >= 4 is 10.0 Å². The van der Waals surface area contributed by atoms with Gasteiger partial charge in [-0.2, -0.15) is 0 Å². The van der Waals surface area contributed by atoms with Crippen molar-refractivity contribution in [2.75, 3.05) is 0 Å². The number of furan rings is 1. The fourth-order valence-electron chi connectivity index (χ4n) is 2.32. The van der Waals surface area contributed by atoms with Crippen LogP contribution in [0.15, 0.2) is 33.6 Å². The molecule has 6 heteroatoms. The van der Waals surface area contributed by atoms with Gasteiger partial charge in [-0.3, -0.25) is 0 Å². The summed E-state index contributed by atoms with van der Waals surface area (Å²) in [5.74, 6) is 0.708. The quantitative estimate of drug-likeness (QED) is 0.887. The Morgan fingerprint density at radius 2 is 1.90 bits per heavy atom. The highest BCUT2D eigenvalue weighted by Gasteiger charge is 2.26. The molecule has 0 aliphatic carbocycles. The summed E-state index contributed by atoms with van der Waals surface area (Å²) in [6.07, 6.45) is 0. The molecule has 0 aliphatic rings. The van der Waals surface area contributed by atoms with Gasteiger partial charge >= 0.3 is 0 Å². The summed E-state index contributed by atoms with van der Waals surface area (Å²) in [5, 5.41) is 9.35. The van der Waals surface area contributed by atoms with Gasteiger partial charge in [0.25, 0.3) is 0 Å². The molecule has 0 atom stereocenters. The van der Waals surface area contributed by atoms with E-state index in [1.54, 1.807) is 13.8 Å². The van der Waals surface area contributed by atoms with Crippen molar-refractivity contribution in [3.63, 3.8) is 0 Å². The van der Waals surface area contributed by atoms with Gasteiger partial charge in [0.15, 0.2) is 0 Å². The first-order valence-electron chi connectivity index (χ1n) is 6.60. The van der Waals surface area contributed by atoms with Crippen LogP contribution in [0.25, 0.3) is 0 Å². The molecule has 0 unspecified atom stereocenters. The topological polar surface area (TPSA) is 79.5 Å². The second-order valence-corrected chi connectivity index (χ2v) is 6.70. The van der Waals surface area contributed by atoms with E-state index in [4.69, 9.17) is 4.42 Å². The second-order valence-electron chi connectivity index (χ2n) is 4.99. The van der Waals surface area contributed by atoms with Crippen LogP contribution in [0.5, 0.6) is 0 Å². The van der Waals surface area contributed by atoms with E-state index in [1.807, 2.05) is 31.2 Å². The molecule has 0 fully saturated rings. The molecule has 0 bridgehead atoms. The number of benzene rings is 1. The van der Waals surface area contributed by atoms with Crippen LogP contribution in [0.3, 0.4) is 0 Å². The Labute approximate surface area is 124 Å². The van der Waals surface area contributed by atoms with Gasteiger partial charge in [0.05, 0.1) is 6.61 Å². The second kappa shape index (κ2) is 6.01. The van der Waals surface area contributed by atoms with E-state index in [9.17, 15) is 13.5 Å². The van der Waals surface area contributed by atoms with E-state index in [-0.39, 0.29) is 23.8 Å². The number of rotatable bonds is 5. The molecule has 0 saturated heterocycles. The highest BCUT2D eigenvalue weighted by molar-refractivity contribution is 7.89. The van der Waals surface area contributed by atoms with E-state index < -0.39 is 10.0 Å². The van der Waals surface area contributed by atoms with Crippen molar-refractivity contribution in [2.45, 2.75) is 38.8 Å². The van der Waals surface area contributed by atoms with E-state index >= 15 is 0 Å². The van der Waals surface area contributed by atoms with Crippen molar-refractivity contribution in [2.24, 2.45) is 0 Å². The molecule has 1 aromatic heterocycles. The first-order valence-corrected chi connectivity index (χ1v) is 8.08. The zero-order valence-corrected chi connectivity index (χ0v) is 13.1. The molecular formula is C15H19NO4S. The molecule has 0 saturated carbocycles. The molecule has 2 rings (SSSR count). The third-order valence-corrected chi connectivity index (χ3v) is 4.90. The molecule has 1 heterocycles. The van der Waals surface area contributed by atoms with Gasteiger partial charge in [-0.1, -0.05) is 29.8 Å². The van der Waals surface area contributed by atoms with Crippen molar-refractivity contribution < 1.29 is 17.9 Å². The average molecular weight is 309 g/mol. The first-order chi connectivity index (χ1) is 9.85. The molecule has 1 aromatic carbocycles. The van der Waals surface area contributed by atoms with Gasteiger partial charge in [0.1, 0.15) is 16.4 Å². The predicted octanol–water partition coefficient (Wildman–Crippen LogP) is 2.18. The summed E-state index contributed by atoms with van der Waals surface area (Å²) >= 11 is 0. The lowest BCUT2D eigenvalue weighted by molar-refractivity contribution is 0.276. The van der Waals surface area contributed by atoms with Gasteiger partial charge in [-0.15, -0.1) is 0 Å². The van der Waals surface area contributed by atoms with E-state index in [1.165, 1.54) is 0 Å². The largest absolute Gasteiger partial charge is 0.465 e. The fraction of sp³-hybridized carbons (Fsp3) is 0.333. The lowest BCUT2D eigenvalue weighted by Crippen LogP contribution is -2.24. The van der Waals surface area contributed by atoms with Gasteiger partial charge < -0.3 is 9.52 Å². The Balaban J connectivity index is 2.27. The molecular weight excluding hydrogens is 290 g/mol. The molecule has 114 valence electrons. The van der Waals surface area contributed by atoms with Crippen LogP contribution in [-0.2, 0) is 23.2 Å². The predicted molar refractivity (Wildman–Crippen MR) is 79.3 cm³/mol. The van der Waals surface area contributed by atoms with Crippen LogP contribution < -0.4 is 4.72 Å².